The van der Waals surface area contributed by atoms with Gasteiger partial charge in [-0.2, -0.15) is 5.10 Å². The number of nitrogens with zero attached hydrogens (tertiary/aromatic N) is 2. The zero-order valence-electron chi connectivity index (χ0n) is 14.3. The number of hydrogen-bond acceptors (Lipinski definition) is 3. The highest BCUT2D eigenvalue weighted by Crippen LogP contribution is 2.17. The van der Waals surface area contributed by atoms with E-state index in [9.17, 15) is 14.0 Å². The van der Waals surface area contributed by atoms with Crippen molar-refractivity contribution in [3.63, 3.8) is 0 Å². The van der Waals surface area contributed by atoms with Crippen LogP contribution >= 0.6 is 0 Å². The minimum atomic E-state index is -0.606. The van der Waals surface area contributed by atoms with E-state index >= 15 is 0 Å². The molecule has 5 nitrogen and oxygen atoms in total. The minimum Gasteiger partial charge on any atom is -0.320 e. The van der Waals surface area contributed by atoms with Gasteiger partial charge in [-0.15, -0.1) is 0 Å². The summed E-state index contributed by atoms with van der Waals surface area (Å²) in [6, 6.07) is 9.49. The summed E-state index contributed by atoms with van der Waals surface area (Å²) in [5, 5.41) is 7.02. The Hall–Kier alpha value is -3.02. The van der Waals surface area contributed by atoms with Crippen LogP contribution in [0.15, 0.2) is 41.2 Å². The molecule has 0 saturated heterocycles. The number of aryl methyl sites for hydroxylation is 3. The van der Waals surface area contributed by atoms with E-state index in [-0.39, 0.29) is 11.1 Å². The summed E-state index contributed by atoms with van der Waals surface area (Å²) in [6.45, 7) is 6.12. The lowest BCUT2D eigenvalue weighted by Crippen LogP contribution is -2.27. The molecule has 0 aliphatic rings. The summed E-state index contributed by atoms with van der Waals surface area (Å²) in [5.74, 6) is -1.13. The van der Waals surface area contributed by atoms with Crippen LogP contribution in [0.25, 0.3) is 10.9 Å². The predicted octanol–water partition coefficient (Wildman–Crippen LogP) is 3.42. The van der Waals surface area contributed by atoms with Gasteiger partial charge in [0.1, 0.15) is 5.82 Å². The fourth-order valence-electron chi connectivity index (χ4n) is 2.79. The van der Waals surface area contributed by atoms with E-state index in [0.29, 0.717) is 17.7 Å². The first-order chi connectivity index (χ1) is 11.9. The Morgan fingerprint density at radius 2 is 1.96 bits per heavy atom. The van der Waals surface area contributed by atoms with Crippen molar-refractivity contribution in [2.75, 3.05) is 5.32 Å². The third kappa shape index (κ3) is 3.15. The molecule has 1 N–H and O–H groups in total. The largest absolute Gasteiger partial charge is 0.320 e. The molecule has 1 amide bonds. The van der Waals surface area contributed by atoms with Gasteiger partial charge in [0, 0.05) is 12.2 Å². The van der Waals surface area contributed by atoms with Crippen LogP contribution in [-0.4, -0.2) is 15.7 Å². The van der Waals surface area contributed by atoms with E-state index in [1.807, 2.05) is 32.9 Å². The molecule has 2 aromatic carbocycles. The lowest BCUT2D eigenvalue weighted by atomic mass is 10.1. The van der Waals surface area contributed by atoms with Crippen LogP contribution in [0.5, 0.6) is 0 Å². The molecule has 6 heteroatoms. The lowest BCUT2D eigenvalue weighted by molar-refractivity contribution is 0.101. The highest BCUT2D eigenvalue weighted by Gasteiger charge is 2.18. The van der Waals surface area contributed by atoms with E-state index in [1.165, 1.54) is 16.8 Å². The van der Waals surface area contributed by atoms with Gasteiger partial charge in [-0.05, 0) is 50.6 Å². The molecule has 25 heavy (non-hydrogen) atoms. The first-order valence-corrected chi connectivity index (χ1v) is 7.99. The maximum Gasteiger partial charge on any atom is 0.280 e. The molecule has 0 aliphatic heterocycles. The number of amides is 1. The molecule has 0 aliphatic carbocycles. The topological polar surface area (TPSA) is 64.0 Å². The first-order valence-electron chi connectivity index (χ1n) is 7.99. The second-order valence-corrected chi connectivity index (χ2v) is 5.93. The van der Waals surface area contributed by atoms with E-state index < -0.39 is 17.2 Å². The molecular weight excluding hydrogens is 321 g/mol. The van der Waals surface area contributed by atoms with Crippen LogP contribution in [0.3, 0.4) is 0 Å². The van der Waals surface area contributed by atoms with Crippen LogP contribution in [0, 0.1) is 19.7 Å². The van der Waals surface area contributed by atoms with Crippen LogP contribution in [0.1, 0.15) is 28.5 Å². The van der Waals surface area contributed by atoms with Gasteiger partial charge in [0.05, 0.1) is 10.9 Å². The standard InChI is InChI=1S/C19H18FN3O2/c1-4-23-16-8-6-13(20)10-14(16)18(24)17(22-23)19(25)21-15-7-5-11(2)9-12(15)3/h5-10H,4H2,1-3H3,(H,21,25). The maximum absolute atomic E-state index is 13.6. The van der Waals surface area contributed by atoms with Crippen molar-refractivity contribution in [1.82, 2.24) is 9.78 Å². The van der Waals surface area contributed by atoms with E-state index in [1.54, 1.807) is 6.07 Å². The van der Waals surface area contributed by atoms with Gasteiger partial charge in [0.25, 0.3) is 5.91 Å². The number of benzene rings is 2. The number of anilines is 1. The van der Waals surface area contributed by atoms with Gasteiger partial charge in [-0.25, -0.2) is 4.39 Å². The molecule has 0 bridgehead atoms. The Bertz CT molecular complexity index is 1040. The van der Waals surface area contributed by atoms with E-state index in [0.717, 1.165) is 17.2 Å². The fraction of sp³-hybridized carbons (Fsp3) is 0.211. The Morgan fingerprint density at radius 1 is 1.20 bits per heavy atom. The number of hydrogen-bond donors (Lipinski definition) is 1. The molecular formula is C19H18FN3O2. The Balaban J connectivity index is 2.10. The number of carbonyl (C=O) groups is 1. The van der Waals surface area contributed by atoms with Crippen LogP contribution in [-0.2, 0) is 6.54 Å². The van der Waals surface area contributed by atoms with Gasteiger partial charge in [-0.1, -0.05) is 17.7 Å². The number of rotatable bonds is 3. The average molecular weight is 339 g/mol. The van der Waals surface area contributed by atoms with Gasteiger partial charge in [0.2, 0.25) is 5.43 Å². The second kappa shape index (κ2) is 6.47. The summed E-state index contributed by atoms with van der Waals surface area (Å²) < 4.78 is 15.1. The SMILES string of the molecule is CCn1nc(C(=O)Nc2ccc(C)cc2C)c(=O)c2cc(F)ccc21. The first kappa shape index (κ1) is 16.8. The molecule has 0 radical (unpaired) electrons. The van der Waals surface area contributed by atoms with E-state index in [4.69, 9.17) is 0 Å². The van der Waals surface area contributed by atoms with Crippen molar-refractivity contribution in [1.29, 1.82) is 0 Å². The number of carbonyl (C=O) groups excluding carboxylic acids is 1. The smallest absolute Gasteiger partial charge is 0.280 e. The molecule has 128 valence electrons. The van der Waals surface area contributed by atoms with Crippen molar-refractivity contribution in [2.45, 2.75) is 27.3 Å². The van der Waals surface area contributed by atoms with Gasteiger partial charge < -0.3 is 5.32 Å². The van der Waals surface area contributed by atoms with Crippen molar-refractivity contribution in [3.05, 3.63) is 69.3 Å². The summed E-state index contributed by atoms with van der Waals surface area (Å²) in [4.78, 5) is 25.2. The zero-order valence-corrected chi connectivity index (χ0v) is 14.3. The van der Waals surface area contributed by atoms with Crippen LogP contribution in [0.2, 0.25) is 0 Å². The Kier molecular flexibility index (Phi) is 4.35. The monoisotopic (exact) mass is 339 g/mol. The highest BCUT2D eigenvalue weighted by molar-refractivity contribution is 6.04. The molecule has 3 rings (SSSR count). The molecule has 0 unspecified atom stereocenters. The molecule has 1 aromatic heterocycles. The minimum absolute atomic E-state index is 0.141. The molecule has 3 aromatic rings. The molecule has 1 heterocycles. The normalized spacial score (nSPS) is 10.9. The fourth-order valence-corrected chi connectivity index (χ4v) is 2.79. The molecule has 0 saturated carbocycles. The van der Waals surface area contributed by atoms with Crippen molar-refractivity contribution >= 4 is 22.5 Å². The summed E-state index contributed by atoms with van der Waals surface area (Å²) in [6.07, 6.45) is 0. The Morgan fingerprint density at radius 3 is 2.64 bits per heavy atom. The van der Waals surface area contributed by atoms with Crippen molar-refractivity contribution in [3.8, 4) is 0 Å². The third-order valence-electron chi connectivity index (χ3n) is 4.06. The van der Waals surface area contributed by atoms with Crippen molar-refractivity contribution in [2.24, 2.45) is 0 Å². The summed E-state index contributed by atoms with van der Waals surface area (Å²) in [5.41, 5.74) is 2.23. The number of halogens is 1. The Labute approximate surface area is 144 Å². The number of nitrogens with one attached hydrogen (secondary N) is 1. The quantitative estimate of drug-likeness (QED) is 0.795. The predicted molar refractivity (Wildman–Crippen MR) is 95.5 cm³/mol. The highest BCUT2D eigenvalue weighted by atomic mass is 19.1. The second-order valence-electron chi connectivity index (χ2n) is 5.93. The van der Waals surface area contributed by atoms with Crippen LogP contribution < -0.4 is 10.7 Å². The number of fused-ring (bicyclic) bond motifs is 1. The summed E-state index contributed by atoms with van der Waals surface area (Å²) >= 11 is 0. The average Bonchev–Trinajstić information content (AvgIpc) is 2.58. The van der Waals surface area contributed by atoms with Crippen molar-refractivity contribution < 1.29 is 9.18 Å². The molecule has 0 atom stereocenters. The lowest BCUT2D eigenvalue weighted by Gasteiger charge is -2.12. The zero-order chi connectivity index (χ0) is 18.1. The summed E-state index contributed by atoms with van der Waals surface area (Å²) in [7, 11) is 0. The van der Waals surface area contributed by atoms with Crippen LogP contribution in [0.4, 0.5) is 10.1 Å². The van der Waals surface area contributed by atoms with Gasteiger partial charge >= 0.3 is 0 Å². The molecule has 0 fully saturated rings. The molecule has 0 spiro atoms. The number of aromatic nitrogens is 2. The van der Waals surface area contributed by atoms with Gasteiger partial charge in [-0.3, -0.25) is 14.3 Å². The maximum atomic E-state index is 13.6. The third-order valence-corrected chi connectivity index (χ3v) is 4.06. The van der Waals surface area contributed by atoms with E-state index in [2.05, 4.69) is 10.4 Å². The van der Waals surface area contributed by atoms with Gasteiger partial charge in [0.15, 0.2) is 5.69 Å².